The summed E-state index contributed by atoms with van der Waals surface area (Å²) in [5.74, 6) is 0.770. The highest BCUT2D eigenvalue weighted by Gasteiger charge is 2.34. The lowest BCUT2D eigenvalue weighted by Gasteiger charge is -2.33. The van der Waals surface area contributed by atoms with Gasteiger partial charge in [0, 0.05) is 12.4 Å². The fourth-order valence-corrected chi connectivity index (χ4v) is 2.53. The minimum absolute atomic E-state index is 0.000573. The molecule has 0 aromatic carbocycles. The summed E-state index contributed by atoms with van der Waals surface area (Å²) in [4.78, 5) is 20.7. The van der Waals surface area contributed by atoms with Gasteiger partial charge in [0.15, 0.2) is 0 Å². The van der Waals surface area contributed by atoms with E-state index in [1.54, 1.807) is 18.7 Å². The number of nitrogens with one attached hydrogen (secondary N) is 2. The standard InChI is InChI=1S/C15H19N5O/c1-15(6-2-3-7-18-15)14(21)19-12-4-5-13(17-10-12)20-9-8-16-11-20/h4-5,8-11,18H,2-3,6-7H2,1H3,(H,19,21). The number of anilines is 1. The maximum Gasteiger partial charge on any atom is 0.244 e. The number of rotatable bonds is 3. The summed E-state index contributed by atoms with van der Waals surface area (Å²) >= 11 is 0. The Labute approximate surface area is 123 Å². The van der Waals surface area contributed by atoms with E-state index in [4.69, 9.17) is 0 Å². The van der Waals surface area contributed by atoms with E-state index in [0.717, 1.165) is 31.6 Å². The molecule has 1 atom stereocenters. The molecule has 3 rings (SSSR count). The fourth-order valence-electron chi connectivity index (χ4n) is 2.53. The first-order chi connectivity index (χ1) is 10.2. The van der Waals surface area contributed by atoms with Gasteiger partial charge in [0.05, 0.1) is 17.4 Å². The second kappa shape index (κ2) is 5.65. The van der Waals surface area contributed by atoms with Gasteiger partial charge >= 0.3 is 0 Å². The van der Waals surface area contributed by atoms with Crippen molar-refractivity contribution in [3.05, 3.63) is 37.1 Å². The maximum absolute atomic E-state index is 12.4. The summed E-state index contributed by atoms with van der Waals surface area (Å²) in [5, 5.41) is 6.24. The Morgan fingerprint density at radius 1 is 1.43 bits per heavy atom. The molecule has 2 aromatic rings. The molecule has 2 N–H and O–H groups in total. The molecular weight excluding hydrogens is 266 g/mol. The molecule has 6 heteroatoms. The van der Waals surface area contributed by atoms with E-state index < -0.39 is 5.54 Å². The summed E-state index contributed by atoms with van der Waals surface area (Å²) < 4.78 is 1.82. The van der Waals surface area contributed by atoms with Crippen molar-refractivity contribution in [1.29, 1.82) is 0 Å². The van der Waals surface area contributed by atoms with Crippen LogP contribution in [-0.2, 0) is 4.79 Å². The van der Waals surface area contributed by atoms with Crippen molar-refractivity contribution in [2.75, 3.05) is 11.9 Å². The van der Waals surface area contributed by atoms with Gasteiger partial charge in [0.1, 0.15) is 12.1 Å². The highest BCUT2D eigenvalue weighted by Crippen LogP contribution is 2.21. The van der Waals surface area contributed by atoms with Gasteiger partial charge in [-0.3, -0.25) is 9.36 Å². The number of pyridine rings is 1. The van der Waals surface area contributed by atoms with Crippen LogP contribution in [0.5, 0.6) is 0 Å². The molecule has 2 aromatic heterocycles. The normalized spacial score (nSPS) is 22.0. The lowest BCUT2D eigenvalue weighted by atomic mass is 9.90. The molecule has 1 saturated heterocycles. The predicted molar refractivity (Wildman–Crippen MR) is 80.2 cm³/mol. The van der Waals surface area contributed by atoms with Crippen LogP contribution in [0.15, 0.2) is 37.1 Å². The molecule has 0 radical (unpaired) electrons. The number of carbonyl (C=O) groups is 1. The van der Waals surface area contributed by atoms with Crippen LogP contribution >= 0.6 is 0 Å². The molecule has 1 aliphatic heterocycles. The highest BCUT2D eigenvalue weighted by molar-refractivity contribution is 5.97. The molecule has 6 nitrogen and oxygen atoms in total. The quantitative estimate of drug-likeness (QED) is 0.901. The Morgan fingerprint density at radius 2 is 2.33 bits per heavy atom. The lowest BCUT2D eigenvalue weighted by molar-refractivity contribution is -0.122. The smallest absolute Gasteiger partial charge is 0.244 e. The SMILES string of the molecule is CC1(C(=O)Nc2ccc(-n3ccnc3)nc2)CCCCN1. The Morgan fingerprint density at radius 3 is 2.95 bits per heavy atom. The lowest BCUT2D eigenvalue weighted by Crippen LogP contribution is -2.54. The Balaban J connectivity index is 1.69. The van der Waals surface area contributed by atoms with E-state index in [-0.39, 0.29) is 5.91 Å². The predicted octanol–water partition coefficient (Wildman–Crippen LogP) is 1.74. The van der Waals surface area contributed by atoms with Crippen molar-refractivity contribution >= 4 is 11.6 Å². The first kappa shape index (κ1) is 13.8. The van der Waals surface area contributed by atoms with Gasteiger partial charge in [-0.05, 0) is 44.9 Å². The average Bonchev–Trinajstić information content (AvgIpc) is 3.03. The van der Waals surface area contributed by atoms with Crippen LogP contribution in [-0.4, -0.2) is 32.5 Å². The third-order valence-corrected chi connectivity index (χ3v) is 3.89. The summed E-state index contributed by atoms with van der Waals surface area (Å²) in [7, 11) is 0. The van der Waals surface area contributed by atoms with Gasteiger partial charge in [-0.2, -0.15) is 0 Å². The summed E-state index contributed by atoms with van der Waals surface area (Å²) in [6, 6.07) is 3.71. The van der Waals surface area contributed by atoms with Crippen LogP contribution in [0.2, 0.25) is 0 Å². The van der Waals surface area contributed by atoms with Crippen LogP contribution in [0, 0.1) is 0 Å². The van der Waals surface area contributed by atoms with Crippen LogP contribution < -0.4 is 10.6 Å². The third-order valence-electron chi connectivity index (χ3n) is 3.89. The van der Waals surface area contributed by atoms with Crippen LogP contribution in [0.3, 0.4) is 0 Å². The average molecular weight is 285 g/mol. The monoisotopic (exact) mass is 285 g/mol. The fraction of sp³-hybridized carbons (Fsp3) is 0.400. The van der Waals surface area contributed by atoms with Gasteiger partial charge in [-0.15, -0.1) is 0 Å². The van der Waals surface area contributed by atoms with Gasteiger partial charge in [0.25, 0.3) is 0 Å². The summed E-state index contributed by atoms with van der Waals surface area (Å²) in [6.45, 7) is 2.84. The number of imidazole rings is 1. The molecule has 0 spiro atoms. The van der Waals surface area contributed by atoms with E-state index in [1.807, 2.05) is 29.8 Å². The van der Waals surface area contributed by atoms with Gasteiger partial charge in [0.2, 0.25) is 5.91 Å². The van der Waals surface area contributed by atoms with E-state index >= 15 is 0 Å². The van der Waals surface area contributed by atoms with E-state index in [0.29, 0.717) is 5.69 Å². The molecule has 0 aliphatic carbocycles. The summed E-state index contributed by atoms with van der Waals surface area (Å²) in [6.07, 6.45) is 9.95. The second-order valence-electron chi connectivity index (χ2n) is 5.55. The van der Waals surface area contributed by atoms with Crippen molar-refractivity contribution in [1.82, 2.24) is 19.9 Å². The minimum atomic E-state index is -0.485. The van der Waals surface area contributed by atoms with Crippen molar-refractivity contribution in [3.8, 4) is 5.82 Å². The number of hydrogen-bond acceptors (Lipinski definition) is 4. The van der Waals surface area contributed by atoms with Crippen LogP contribution in [0.25, 0.3) is 5.82 Å². The first-order valence-electron chi connectivity index (χ1n) is 7.18. The topological polar surface area (TPSA) is 71.8 Å². The molecular formula is C15H19N5O. The van der Waals surface area contributed by atoms with Gasteiger partial charge < -0.3 is 10.6 Å². The molecule has 1 fully saturated rings. The Kier molecular flexibility index (Phi) is 3.70. The summed E-state index contributed by atoms with van der Waals surface area (Å²) in [5.41, 5.74) is 0.221. The Hall–Kier alpha value is -2.21. The highest BCUT2D eigenvalue weighted by atomic mass is 16.2. The number of piperidine rings is 1. The molecule has 110 valence electrons. The Bertz CT molecular complexity index is 600. The number of nitrogens with zero attached hydrogens (tertiary/aromatic N) is 3. The molecule has 3 heterocycles. The van der Waals surface area contributed by atoms with Gasteiger partial charge in [-0.25, -0.2) is 9.97 Å². The minimum Gasteiger partial charge on any atom is -0.323 e. The van der Waals surface area contributed by atoms with Crippen molar-refractivity contribution in [2.24, 2.45) is 0 Å². The zero-order chi connectivity index (χ0) is 14.7. The van der Waals surface area contributed by atoms with E-state index in [1.165, 1.54) is 0 Å². The second-order valence-corrected chi connectivity index (χ2v) is 5.55. The molecule has 1 aliphatic rings. The zero-order valence-electron chi connectivity index (χ0n) is 12.0. The molecule has 21 heavy (non-hydrogen) atoms. The molecule has 1 amide bonds. The van der Waals surface area contributed by atoms with Crippen LogP contribution in [0.1, 0.15) is 26.2 Å². The van der Waals surface area contributed by atoms with Gasteiger partial charge in [-0.1, -0.05) is 0 Å². The largest absolute Gasteiger partial charge is 0.323 e. The molecule has 1 unspecified atom stereocenters. The molecule has 0 bridgehead atoms. The molecule has 0 saturated carbocycles. The number of hydrogen-bond donors (Lipinski definition) is 2. The van der Waals surface area contributed by atoms with Crippen molar-refractivity contribution < 1.29 is 4.79 Å². The van der Waals surface area contributed by atoms with E-state index in [2.05, 4.69) is 20.6 Å². The van der Waals surface area contributed by atoms with E-state index in [9.17, 15) is 4.79 Å². The first-order valence-corrected chi connectivity index (χ1v) is 7.18. The van der Waals surface area contributed by atoms with Crippen LogP contribution in [0.4, 0.5) is 5.69 Å². The zero-order valence-corrected chi connectivity index (χ0v) is 12.0. The number of carbonyl (C=O) groups excluding carboxylic acids is 1. The van der Waals surface area contributed by atoms with Crippen molar-refractivity contribution in [2.45, 2.75) is 31.7 Å². The van der Waals surface area contributed by atoms with Crippen molar-refractivity contribution in [3.63, 3.8) is 0 Å². The third kappa shape index (κ3) is 2.95. The number of aromatic nitrogens is 3. The number of amides is 1. The maximum atomic E-state index is 12.4.